The smallest absolute Gasteiger partial charge is 0.137 e. The number of fused-ring (bicyclic) bond motifs is 1. The molecule has 126 valence electrons. The molecule has 1 aliphatic rings. The summed E-state index contributed by atoms with van der Waals surface area (Å²) in [5.41, 5.74) is 9.71. The van der Waals surface area contributed by atoms with Crippen LogP contribution in [-0.2, 0) is 13.0 Å². The van der Waals surface area contributed by atoms with Crippen LogP contribution in [0, 0.1) is 0 Å². The highest BCUT2D eigenvalue weighted by molar-refractivity contribution is 5.83. The maximum Gasteiger partial charge on any atom is 0.137 e. The van der Waals surface area contributed by atoms with Crippen molar-refractivity contribution >= 4 is 10.9 Å². The van der Waals surface area contributed by atoms with E-state index >= 15 is 0 Å². The Morgan fingerprint density at radius 1 is 1.33 bits per heavy atom. The molecule has 0 radical (unpaired) electrons. The van der Waals surface area contributed by atoms with E-state index < -0.39 is 0 Å². The summed E-state index contributed by atoms with van der Waals surface area (Å²) in [4.78, 5) is 9.94. The molecule has 0 amide bonds. The zero-order valence-electron chi connectivity index (χ0n) is 13.9. The second-order valence-electron chi connectivity index (χ2n) is 6.60. The molecular formula is C18H24N6. The SMILES string of the molecule is NCC1CCCN1CCc1c[nH]c2ccc(Cn3cncn3)cc12. The molecule has 1 aromatic carbocycles. The molecule has 4 rings (SSSR count). The molecule has 0 saturated carbocycles. The van der Waals surface area contributed by atoms with Crippen LogP contribution in [0.4, 0.5) is 0 Å². The Morgan fingerprint density at radius 2 is 2.29 bits per heavy atom. The van der Waals surface area contributed by atoms with Crippen molar-refractivity contribution in [1.82, 2.24) is 24.6 Å². The predicted octanol–water partition coefficient (Wildman–Crippen LogP) is 1.77. The van der Waals surface area contributed by atoms with Crippen LogP contribution in [0.2, 0.25) is 0 Å². The van der Waals surface area contributed by atoms with Crippen LogP contribution in [0.5, 0.6) is 0 Å². The normalized spacial score (nSPS) is 18.6. The molecule has 0 aliphatic carbocycles. The topological polar surface area (TPSA) is 75.8 Å². The van der Waals surface area contributed by atoms with E-state index in [0.29, 0.717) is 6.04 Å². The Morgan fingerprint density at radius 3 is 3.12 bits per heavy atom. The molecule has 1 fully saturated rings. The molecule has 1 atom stereocenters. The highest BCUT2D eigenvalue weighted by atomic mass is 15.3. The third-order valence-electron chi connectivity index (χ3n) is 5.08. The number of aromatic nitrogens is 4. The summed E-state index contributed by atoms with van der Waals surface area (Å²) in [5.74, 6) is 0. The van der Waals surface area contributed by atoms with Crippen LogP contribution in [0.1, 0.15) is 24.0 Å². The first kappa shape index (κ1) is 15.4. The Balaban J connectivity index is 1.50. The molecule has 3 heterocycles. The number of likely N-dealkylation sites (tertiary alicyclic amines) is 1. The number of rotatable bonds is 6. The molecule has 3 aromatic rings. The number of hydrogen-bond donors (Lipinski definition) is 2. The summed E-state index contributed by atoms with van der Waals surface area (Å²) in [7, 11) is 0. The molecule has 1 unspecified atom stereocenters. The van der Waals surface area contributed by atoms with Gasteiger partial charge in [0, 0.05) is 36.2 Å². The standard InChI is InChI=1S/C18H24N6/c19-9-16-2-1-6-23(16)7-5-15-10-21-18-4-3-14(8-17(15)18)11-24-13-20-12-22-24/h3-4,8,10,12-13,16,21H,1-2,5-7,9,11,19H2. The lowest BCUT2D eigenvalue weighted by Gasteiger charge is -2.22. The molecule has 6 nitrogen and oxygen atoms in total. The monoisotopic (exact) mass is 324 g/mol. The van der Waals surface area contributed by atoms with E-state index in [4.69, 9.17) is 5.73 Å². The fourth-order valence-corrected chi connectivity index (χ4v) is 3.75. The summed E-state index contributed by atoms with van der Waals surface area (Å²) in [6, 6.07) is 7.14. The van der Waals surface area contributed by atoms with Gasteiger partial charge in [-0.1, -0.05) is 6.07 Å². The van der Waals surface area contributed by atoms with Crippen LogP contribution in [-0.4, -0.2) is 50.3 Å². The van der Waals surface area contributed by atoms with E-state index in [9.17, 15) is 0 Å². The van der Waals surface area contributed by atoms with E-state index in [-0.39, 0.29) is 0 Å². The summed E-state index contributed by atoms with van der Waals surface area (Å²) in [6.07, 6.45) is 9.05. The summed E-state index contributed by atoms with van der Waals surface area (Å²) in [5, 5.41) is 5.50. The van der Waals surface area contributed by atoms with Crippen molar-refractivity contribution < 1.29 is 0 Å². The van der Waals surface area contributed by atoms with E-state index in [1.165, 1.54) is 41.4 Å². The van der Waals surface area contributed by atoms with E-state index in [2.05, 4.69) is 44.4 Å². The molecule has 1 saturated heterocycles. The quantitative estimate of drug-likeness (QED) is 0.724. The van der Waals surface area contributed by atoms with Gasteiger partial charge in [-0.2, -0.15) is 5.10 Å². The number of benzene rings is 1. The van der Waals surface area contributed by atoms with Crippen LogP contribution in [0.25, 0.3) is 10.9 Å². The Bertz CT molecular complexity index is 791. The zero-order valence-corrected chi connectivity index (χ0v) is 13.9. The van der Waals surface area contributed by atoms with Crippen molar-refractivity contribution in [2.45, 2.75) is 31.8 Å². The third kappa shape index (κ3) is 3.07. The highest BCUT2D eigenvalue weighted by Crippen LogP contribution is 2.23. The van der Waals surface area contributed by atoms with E-state index in [0.717, 1.165) is 26.1 Å². The van der Waals surface area contributed by atoms with Crippen LogP contribution in [0.3, 0.4) is 0 Å². The lowest BCUT2D eigenvalue weighted by atomic mass is 10.1. The van der Waals surface area contributed by atoms with Gasteiger partial charge >= 0.3 is 0 Å². The van der Waals surface area contributed by atoms with E-state index in [1.807, 2.05) is 4.68 Å². The summed E-state index contributed by atoms with van der Waals surface area (Å²) in [6.45, 7) is 3.79. The number of nitrogens with zero attached hydrogens (tertiary/aromatic N) is 4. The van der Waals surface area contributed by atoms with Gasteiger partial charge in [-0.25, -0.2) is 9.67 Å². The van der Waals surface area contributed by atoms with Gasteiger partial charge in [-0.05, 0) is 49.1 Å². The second-order valence-corrected chi connectivity index (χ2v) is 6.60. The molecule has 3 N–H and O–H groups in total. The van der Waals surface area contributed by atoms with Crippen molar-refractivity contribution in [2.75, 3.05) is 19.6 Å². The number of nitrogens with two attached hydrogens (primary N) is 1. The zero-order chi connectivity index (χ0) is 16.4. The molecule has 2 aromatic heterocycles. The number of aromatic amines is 1. The molecule has 6 heteroatoms. The van der Waals surface area contributed by atoms with Crippen molar-refractivity contribution in [1.29, 1.82) is 0 Å². The van der Waals surface area contributed by atoms with Crippen LogP contribution < -0.4 is 5.73 Å². The molecule has 0 bridgehead atoms. The average Bonchev–Trinajstić information content (AvgIpc) is 3.33. The van der Waals surface area contributed by atoms with Crippen molar-refractivity contribution in [2.24, 2.45) is 5.73 Å². The first-order valence-corrected chi connectivity index (χ1v) is 8.69. The highest BCUT2D eigenvalue weighted by Gasteiger charge is 2.22. The summed E-state index contributed by atoms with van der Waals surface area (Å²) >= 11 is 0. The number of nitrogens with one attached hydrogen (secondary N) is 1. The summed E-state index contributed by atoms with van der Waals surface area (Å²) < 4.78 is 1.85. The van der Waals surface area contributed by atoms with Gasteiger partial charge in [0.25, 0.3) is 0 Å². The van der Waals surface area contributed by atoms with Gasteiger partial charge in [-0.15, -0.1) is 0 Å². The lowest BCUT2D eigenvalue weighted by Crippen LogP contribution is -2.36. The van der Waals surface area contributed by atoms with Crippen LogP contribution >= 0.6 is 0 Å². The minimum atomic E-state index is 0.568. The largest absolute Gasteiger partial charge is 0.361 e. The minimum absolute atomic E-state index is 0.568. The first-order valence-electron chi connectivity index (χ1n) is 8.69. The third-order valence-corrected chi connectivity index (χ3v) is 5.08. The minimum Gasteiger partial charge on any atom is -0.361 e. The van der Waals surface area contributed by atoms with E-state index in [1.54, 1.807) is 12.7 Å². The fraction of sp³-hybridized carbons (Fsp3) is 0.444. The Kier molecular flexibility index (Phi) is 4.32. The second kappa shape index (κ2) is 6.75. The maximum absolute atomic E-state index is 5.89. The molecular weight excluding hydrogens is 300 g/mol. The lowest BCUT2D eigenvalue weighted by molar-refractivity contribution is 0.262. The van der Waals surface area contributed by atoms with Gasteiger partial charge in [-0.3, -0.25) is 4.90 Å². The van der Waals surface area contributed by atoms with Gasteiger partial charge in [0.1, 0.15) is 12.7 Å². The first-order chi connectivity index (χ1) is 11.8. The fourth-order valence-electron chi connectivity index (χ4n) is 3.75. The predicted molar refractivity (Wildman–Crippen MR) is 94.8 cm³/mol. The van der Waals surface area contributed by atoms with Crippen molar-refractivity contribution in [3.8, 4) is 0 Å². The van der Waals surface area contributed by atoms with Gasteiger partial charge < -0.3 is 10.7 Å². The maximum atomic E-state index is 5.89. The Labute approximate surface area is 141 Å². The van der Waals surface area contributed by atoms with Crippen molar-refractivity contribution in [3.05, 3.63) is 48.2 Å². The van der Waals surface area contributed by atoms with Crippen molar-refractivity contribution in [3.63, 3.8) is 0 Å². The number of hydrogen-bond acceptors (Lipinski definition) is 4. The average molecular weight is 324 g/mol. The molecule has 0 spiro atoms. The molecule has 1 aliphatic heterocycles. The molecule has 24 heavy (non-hydrogen) atoms. The Hall–Kier alpha value is -2.18. The number of H-pyrrole nitrogens is 1. The van der Waals surface area contributed by atoms with Gasteiger partial charge in [0.15, 0.2) is 0 Å². The van der Waals surface area contributed by atoms with Gasteiger partial charge in [0.2, 0.25) is 0 Å². The van der Waals surface area contributed by atoms with Gasteiger partial charge in [0.05, 0.1) is 6.54 Å². The van der Waals surface area contributed by atoms with Crippen LogP contribution in [0.15, 0.2) is 37.1 Å².